The summed E-state index contributed by atoms with van der Waals surface area (Å²) in [7, 11) is 1.70. The van der Waals surface area contributed by atoms with E-state index in [-0.39, 0.29) is 12.3 Å². The fourth-order valence-electron chi connectivity index (χ4n) is 1.79. The van der Waals surface area contributed by atoms with Crippen LogP contribution < -0.4 is 0 Å². The second kappa shape index (κ2) is 6.70. The zero-order chi connectivity index (χ0) is 14.6. The van der Waals surface area contributed by atoms with E-state index in [4.69, 9.17) is 5.11 Å². The second-order valence-corrected chi connectivity index (χ2v) is 5.49. The van der Waals surface area contributed by atoms with Gasteiger partial charge in [0.2, 0.25) is 0 Å². The molecule has 0 aliphatic rings. The first-order chi connectivity index (χ1) is 8.82. The summed E-state index contributed by atoms with van der Waals surface area (Å²) >= 11 is 3.43. The third kappa shape index (κ3) is 4.35. The van der Waals surface area contributed by atoms with E-state index in [1.807, 2.05) is 26.0 Å². The molecule has 0 saturated carbocycles. The highest BCUT2D eigenvalue weighted by molar-refractivity contribution is 9.10. The predicted octanol–water partition coefficient (Wildman–Crippen LogP) is 3.00. The van der Waals surface area contributed by atoms with Crippen molar-refractivity contribution in [1.29, 1.82) is 0 Å². The molecule has 0 aliphatic heterocycles. The van der Waals surface area contributed by atoms with Crippen molar-refractivity contribution in [1.82, 2.24) is 4.90 Å². The van der Waals surface area contributed by atoms with Gasteiger partial charge in [0, 0.05) is 30.0 Å². The summed E-state index contributed by atoms with van der Waals surface area (Å²) < 4.78 is 0.982. The molecular formula is C14H18BrNO3. The molecule has 0 aromatic heterocycles. The van der Waals surface area contributed by atoms with Gasteiger partial charge in [-0.15, -0.1) is 0 Å². The summed E-state index contributed by atoms with van der Waals surface area (Å²) in [6, 6.07) is 3.78. The highest BCUT2D eigenvalue weighted by Gasteiger charge is 2.15. The maximum absolute atomic E-state index is 12.3. The van der Waals surface area contributed by atoms with Crippen LogP contribution in [0.4, 0.5) is 0 Å². The van der Waals surface area contributed by atoms with Crippen LogP contribution in [-0.2, 0) is 4.79 Å². The van der Waals surface area contributed by atoms with Crippen LogP contribution in [0, 0.1) is 13.8 Å². The minimum absolute atomic E-state index is 0.0708. The first kappa shape index (κ1) is 15.7. The quantitative estimate of drug-likeness (QED) is 0.904. The first-order valence-electron chi connectivity index (χ1n) is 6.07. The van der Waals surface area contributed by atoms with Gasteiger partial charge in [0.15, 0.2) is 0 Å². The smallest absolute Gasteiger partial charge is 0.303 e. The molecule has 0 saturated heterocycles. The Balaban J connectivity index is 2.77. The molecule has 0 fully saturated rings. The lowest BCUT2D eigenvalue weighted by atomic mass is 10.0. The zero-order valence-electron chi connectivity index (χ0n) is 11.4. The molecule has 1 N–H and O–H groups in total. The fourth-order valence-corrected chi connectivity index (χ4v) is 2.24. The highest BCUT2D eigenvalue weighted by atomic mass is 79.9. The van der Waals surface area contributed by atoms with Gasteiger partial charge >= 0.3 is 5.97 Å². The Morgan fingerprint density at radius 1 is 1.26 bits per heavy atom. The number of hydrogen-bond donors (Lipinski definition) is 1. The fraction of sp³-hybridized carbons (Fsp3) is 0.429. The van der Waals surface area contributed by atoms with E-state index in [1.54, 1.807) is 11.9 Å². The van der Waals surface area contributed by atoms with Crippen LogP contribution in [0.3, 0.4) is 0 Å². The van der Waals surface area contributed by atoms with Crippen molar-refractivity contribution in [3.8, 4) is 0 Å². The van der Waals surface area contributed by atoms with E-state index in [1.165, 1.54) is 0 Å². The van der Waals surface area contributed by atoms with E-state index >= 15 is 0 Å². The molecule has 1 amide bonds. The Bertz CT molecular complexity index is 500. The summed E-state index contributed by atoms with van der Waals surface area (Å²) in [4.78, 5) is 24.3. The Kier molecular flexibility index (Phi) is 5.54. The number of carboxylic acids is 1. The van der Waals surface area contributed by atoms with E-state index < -0.39 is 5.97 Å². The Hall–Kier alpha value is -1.36. The number of benzene rings is 1. The van der Waals surface area contributed by atoms with Crippen LogP contribution in [0.5, 0.6) is 0 Å². The van der Waals surface area contributed by atoms with Crippen molar-refractivity contribution in [2.45, 2.75) is 26.7 Å². The first-order valence-corrected chi connectivity index (χ1v) is 6.86. The summed E-state index contributed by atoms with van der Waals surface area (Å²) in [6.07, 6.45) is 0.544. The van der Waals surface area contributed by atoms with Gasteiger partial charge in [0.05, 0.1) is 0 Å². The maximum atomic E-state index is 12.3. The lowest BCUT2D eigenvalue weighted by molar-refractivity contribution is -0.137. The molecule has 0 spiro atoms. The Morgan fingerprint density at radius 3 is 2.47 bits per heavy atom. The van der Waals surface area contributed by atoms with Gasteiger partial charge < -0.3 is 10.0 Å². The normalized spacial score (nSPS) is 10.3. The number of carboxylic acid groups (broad SMARTS) is 1. The van der Waals surface area contributed by atoms with Gasteiger partial charge in [-0.1, -0.05) is 15.9 Å². The van der Waals surface area contributed by atoms with Crippen molar-refractivity contribution in [2.75, 3.05) is 13.6 Å². The molecule has 1 aromatic rings. The number of amides is 1. The van der Waals surface area contributed by atoms with Crippen LogP contribution >= 0.6 is 15.9 Å². The molecule has 0 bridgehead atoms. The number of carbonyl (C=O) groups is 2. The lowest BCUT2D eigenvalue weighted by Crippen LogP contribution is -2.28. The number of carbonyl (C=O) groups excluding carboxylic acids is 1. The highest BCUT2D eigenvalue weighted by Crippen LogP contribution is 2.22. The topological polar surface area (TPSA) is 57.6 Å². The molecule has 0 aliphatic carbocycles. The van der Waals surface area contributed by atoms with E-state index in [9.17, 15) is 9.59 Å². The van der Waals surface area contributed by atoms with Crippen LogP contribution in [0.25, 0.3) is 0 Å². The molecule has 4 nitrogen and oxygen atoms in total. The van der Waals surface area contributed by atoms with E-state index in [0.717, 1.165) is 15.6 Å². The predicted molar refractivity (Wildman–Crippen MR) is 77.4 cm³/mol. The van der Waals surface area contributed by atoms with E-state index in [0.29, 0.717) is 18.5 Å². The molecule has 0 unspecified atom stereocenters. The number of nitrogens with zero attached hydrogens (tertiary/aromatic N) is 1. The van der Waals surface area contributed by atoms with Crippen molar-refractivity contribution >= 4 is 27.8 Å². The summed E-state index contributed by atoms with van der Waals surface area (Å²) in [6.45, 7) is 4.27. The van der Waals surface area contributed by atoms with Gasteiger partial charge in [-0.3, -0.25) is 9.59 Å². The summed E-state index contributed by atoms with van der Waals surface area (Å²) in [5, 5.41) is 8.58. The number of rotatable bonds is 5. The number of hydrogen-bond acceptors (Lipinski definition) is 2. The molecule has 1 rings (SSSR count). The second-order valence-electron chi connectivity index (χ2n) is 4.64. The number of halogens is 1. The minimum Gasteiger partial charge on any atom is -0.481 e. The average Bonchev–Trinajstić information content (AvgIpc) is 2.32. The van der Waals surface area contributed by atoms with Gasteiger partial charge in [-0.05, 0) is 43.5 Å². The van der Waals surface area contributed by atoms with Crippen LogP contribution in [0.2, 0.25) is 0 Å². The average molecular weight is 328 g/mol. The number of aliphatic carboxylic acids is 1. The molecule has 0 heterocycles. The van der Waals surface area contributed by atoms with Crippen LogP contribution in [-0.4, -0.2) is 35.5 Å². The van der Waals surface area contributed by atoms with Crippen LogP contribution in [0.15, 0.2) is 16.6 Å². The monoisotopic (exact) mass is 327 g/mol. The van der Waals surface area contributed by atoms with Crippen LogP contribution in [0.1, 0.15) is 34.3 Å². The third-order valence-corrected chi connectivity index (χ3v) is 3.82. The number of aryl methyl sites for hydroxylation is 2. The molecule has 0 atom stereocenters. The van der Waals surface area contributed by atoms with Gasteiger partial charge in [-0.25, -0.2) is 0 Å². The standard InChI is InChI=1S/C14H18BrNO3/c1-9-8-12(15)10(2)7-11(9)14(19)16(3)6-4-5-13(17)18/h7-8H,4-6H2,1-3H3,(H,17,18). The van der Waals surface area contributed by atoms with Crippen molar-refractivity contribution < 1.29 is 14.7 Å². The lowest BCUT2D eigenvalue weighted by Gasteiger charge is -2.18. The van der Waals surface area contributed by atoms with Crippen molar-refractivity contribution in [3.63, 3.8) is 0 Å². The summed E-state index contributed by atoms with van der Waals surface area (Å²) in [5.41, 5.74) is 2.58. The Morgan fingerprint density at radius 2 is 1.89 bits per heavy atom. The largest absolute Gasteiger partial charge is 0.481 e. The van der Waals surface area contributed by atoms with Crippen molar-refractivity contribution in [3.05, 3.63) is 33.3 Å². The van der Waals surface area contributed by atoms with Gasteiger partial charge in [0.25, 0.3) is 5.91 Å². The molecule has 0 radical (unpaired) electrons. The minimum atomic E-state index is -0.837. The van der Waals surface area contributed by atoms with Gasteiger partial charge in [0.1, 0.15) is 0 Å². The Labute approximate surface area is 121 Å². The molecule has 19 heavy (non-hydrogen) atoms. The summed E-state index contributed by atoms with van der Waals surface area (Å²) in [5.74, 6) is -0.907. The SMILES string of the molecule is Cc1cc(C(=O)N(C)CCCC(=O)O)c(C)cc1Br. The van der Waals surface area contributed by atoms with Crippen molar-refractivity contribution in [2.24, 2.45) is 0 Å². The zero-order valence-corrected chi connectivity index (χ0v) is 13.0. The third-order valence-electron chi connectivity index (χ3n) is 2.97. The maximum Gasteiger partial charge on any atom is 0.303 e. The molecule has 5 heteroatoms. The molecule has 1 aromatic carbocycles. The molecular weight excluding hydrogens is 310 g/mol. The van der Waals surface area contributed by atoms with Gasteiger partial charge in [-0.2, -0.15) is 0 Å². The van der Waals surface area contributed by atoms with E-state index in [2.05, 4.69) is 15.9 Å². The molecule has 104 valence electrons.